The zero-order chi connectivity index (χ0) is 28.8. The summed E-state index contributed by atoms with van der Waals surface area (Å²) in [5, 5.41) is 0. The lowest BCUT2D eigenvalue weighted by molar-refractivity contribution is 0.000965. The third-order valence-electron chi connectivity index (χ3n) is 10.2. The minimum absolute atomic E-state index is 0.160. The van der Waals surface area contributed by atoms with Crippen molar-refractivity contribution in [3.05, 3.63) is 70.8 Å². The molecule has 4 unspecified atom stereocenters. The lowest BCUT2D eigenvalue weighted by Crippen LogP contribution is -2.55. The van der Waals surface area contributed by atoms with E-state index in [1.165, 1.54) is 18.4 Å². The highest BCUT2D eigenvalue weighted by Crippen LogP contribution is 2.55. The molecule has 2 aromatic rings. The third kappa shape index (κ3) is 6.21. The minimum atomic E-state index is 0.160. The molecular weight excluding hydrogens is 488 g/mol. The summed E-state index contributed by atoms with van der Waals surface area (Å²) >= 11 is 0. The van der Waals surface area contributed by atoms with Crippen molar-refractivity contribution in [2.24, 2.45) is 5.92 Å². The van der Waals surface area contributed by atoms with Crippen LogP contribution in [0.25, 0.3) is 0 Å². The molecule has 0 bridgehead atoms. The van der Waals surface area contributed by atoms with Crippen LogP contribution in [-0.4, -0.2) is 84.0 Å². The molecule has 0 radical (unpaired) electrons. The molecule has 3 fully saturated rings. The number of nitrogens with zero attached hydrogens (tertiary/aromatic N) is 4. The molecule has 4 heteroatoms. The highest BCUT2D eigenvalue weighted by atomic mass is 15.3. The number of hydrogen-bond donors (Lipinski definition) is 0. The molecule has 1 aliphatic carbocycles. The molecular formula is C36H56N4. The zero-order valence-corrected chi connectivity index (χ0v) is 27.0. The highest BCUT2D eigenvalue weighted by Gasteiger charge is 2.47. The molecule has 0 amide bonds. The number of likely N-dealkylation sites (N-methyl/N-ethyl adjacent to an activating group) is 2. The Morgan fingerprint density at radius 3 is 1.82 bits per heavy atom. The summed E-state index contributed by atoms with van der Waals surface area (Å²) in [4.78, 5) is 10.7. The van der Waals surface area contributed by atoms with Crippen LogP contribution in [0.4, 0.5) is 0 Å². The summed E-state index contributed by atoms with van der Waals surface area (Å²) in [7, 11) is 4.59. The van der Waals surface area contributed by atoms with Crippen molar-refractivity contribution in [3.8, 4) is 0 Å². The Bertz CT molecular complexity index is 1150. The van der Waals surface area contributed by atoms with Gasteiger partial charge in [-0.2, -0.15) is 0 Å². The first-order chi connectivity index (χ1) is 18.9. The van der Waals surface area contributed by atoms with Crippen LogP contribution < -0.4 is 0 Å². The zero-order valence-electron chi connectivity index (χ0n) is 27.0. The molecule has 2 aromatic carbocycles. The smallest absolute Gasteiger partial charge is 0.0483 e. The van der Waals surface area contributed by atoms with Gasteiger partial charge in [-0.1, -0.05) is 62.4 Å². The van der Waals surface area contributed by atoms with E-state index < -0.39 is 0 Å². The average molecular weight is 545 g/mol. The molecule has 0 spiro atoms. The molecule has 220 valence electrons. The van der Waals surface area contributed by atoms with Crippen LogP contribution in [0.15, 0.2) is 48.5 Å². The van der Waals surface area contributed by atoms with Gasteiger partial charge in [0.05, 0.1) is 0 Å². The maximum absolute atomic E-state index is 2.87. The first-order valence-corrected chi connectivity index (χ1v) is 15.9. The molecule has 4 atom stereocenters. The Balaban J connectivity index is 1.37. The second-order valence-corrected chi connectivity index (χ2v) is 15.1. The quantitative estimate of drug-likeness (QED) is 0.367. The highest BCUT2D eigenvalue weighted by molar-refractivity contribution is 5.38. The van der Waals surface area contributed by atoms with Gasteiger partial charge in [0.15, 0.2) is 0 Å². The first kappa shape index (κ1) is 29.8. The van der Waals surface area contributed by atoms with E-state index in [9.17, 15) is 0 Å². The number of piperazine rings is 2. The Kier molecular flexibility index (Phi) is 8.57. The third-order valence-corrected chi connectivity index (χ3v) is 10.2. The van der Waals surface area contributed by atoms with Gasteiger partial charge in [0.1, 0.15) is 0 Å². The van der Waals surface area contributed by atoms with E-state index in [1.807, 2.05) is 0 Å². The van der Waals surface area contributed by atoms with Crippen molar-refractivity contribution in [2.45, 2.75) is 96.3 Å². The molecule has 5 rings (SSSR count). The Labute approximate surface area is 245 Å². The van der Waals surface area contributed by atoms with Crippen LogP contribution in [0.1, 0.15) is 107 Å². The van der Waals surface area contributed by atoms with Crippen LogP contribution in [0, 0.1) is 5.92 Å². The second kappa shape index (κ2) is 11.5. The molecule has 1 saturated carbocycles. The number of rotatable bonds is 7. The largest absolute Gasteiger partial charge is 0.303 e. The summed E-state index contributed by atoms with van der Waals surface area (Å²) in [5.74, 6) is 2.00. The normalized spacial score (nSPS) is 27.9. The summed E-state index contributed by atoms with van der Waals surface area (Å²) in [6.07, 6.45) is 2.60. The van der Waals surface area contributed by atoms with Gasteiger partial charge in [0.2, 0.25) is 0 Å². The van der Waals surface area contributed by atoms with E-state index in [2.05, 4.69) is 131 Å². The summed E-state index contributed by atoms with van der Waals surface area (Å²) in [5.41, 5.74) is 6.59. The predicted octanol–water partition coefficient (Wildman–Crippen LogP) is 7.16. The van der Waals surface area contributed by atoms with E-state index in [0.717, 1.165) is 45.2 Å². The fourth-order valence-corrected chi connectivity index (χ4v) is 8.00. The fourth-order valence-electron chi connectivity index (χ4n) is 8.00. The van der Waals surface area contributed by atoms with E-state index in [4.69, 9.17) is 0 Å². The second-order valence-electron chi connectivity index (χ2n) is 15.1. The van der Waals surface area contributed by atoms with E-state index in [-0.39, 0.29) is 11.1 Å². The molecule has 2 heterocycles. The molecule has 2 saturated heterocycles. The van der Waals surface area contributed by atoms with Crippen LogP contribution in [0.5, 0.6) is 0 Å². The van der Waals surface area contributed by atoms with Crippen LogP contribution in [0.2, 0.25) is 0 Å². The summed E-state index contributed by atoms with van der Waals surface area (Å²) in [6.45, 7) is 23.7. The molecule has 0 N–H and O–H groups in total. The van der Waals surface area contributed by atoms with Crippen LogP contribution in [0.3, 0.4) is 0 Å². The van der Waals surface area contributed by atoms with Crippen molar-refractivity contribution in [2.75, 3.05) is 53.4 Å². The lowest BCUT2D eigenvalue weighted by atomic mass is 9.85. The molecule has 0 aromatic heterocycles. The van der Waals surface area contributed by atoms with Crippen molar-refractivity contribution in [3.63, 3.8) is 0 Å². The van der Waals surface area contributed by atoms with Gasteiger partial charge in [0, 0.05) is 62.4 Å². The monoisotopic (exact) mass is 544 g/mol. The van der Waals surface area contributed by atoms with Gasteiger partial charge in [-0.05, 0) is 102 Å². The Morgan fingerprint density at radius 2 is 1.23 bits per heavy atom. The average Bonchev–Trinajstić information content (AvgIpc) is 3.65. The number of hydrogen-bond acceptors (Lipinski definition) is 4. The topological polar surface area (TPSA) is 13.0 Å². The molecule has 2 aliphatic heterocycles. The van der Waals surface area contributed by atoms with E-state index in [1.54, 1.807) is 16.7 Å². The van der Waals surface area contributed by atoms with Crippen LogP contribution >= 0.6 is 0 Å². The molecule has 4 nitrogen and oxygen atoms in total. The maximum Gasteiger partial charge on any atom is 0.0483 e. The summed E-state index contributed by atoms with van der Waals surface area (Å²) < 4.78 is 0. The van der Waals surface area contributed by atoms with Gasteiger partial charge in [0.25, 0.3) is 0 Å². The fraction of sp³-hybridized carbons (Fsp3) is 0.667. The predicted molar refractivity (Wildman–Crippen MR) is 170 cm³/mol. The van der Waals surface area contributed by atoms with Gasteiger partial charge in [-0.25, -0.2) is 0 Å². The lowest BCUT2D eigenvalue weighted by Gasteiger charge is -2.50. The number of benzene rings is 2. The summed E-state index contributed by atoms with van der Waals surface area (Å²) in [6, 6.07) is 19.6. The van der Waals surface area contributed by atoms with Gasteiger partial charge < -0.3 is 9.80 Å². The van der Waals surface area contributed by atoms with Crippen molar-refractivity contribution in [1.82, 2.24) is 19.6 Å². The van der Waals surface area contributed by atoms with E-state index in [0.29, 0.717) is 23.9 Å². The minimum Gasteiger partial charge on any atom is -0.303 e. The van der Waals surface area contributed by atoms with Crippen molar-refractivity contribution >= 4 is 0 Å². The van der Waals surface area contributed by atoms with Gasteiger partial charge >= 0.3 is 0 Å². The Hall–Kier alpha value is -1.72. The van der Waals surface area contributed by atoms with Gasteiger partial charge in [-0.3, -0.25) is 9.80 Å². The standard InChI is InChI=1S/C36H56N4/c1-26(2)28-14-10-12-16-30(28)34-25-38(9)19-21-40(34)36(6,7)23-27-22-32(27)29-15-11-13-17-31(29)33-24-37(8)18-20-39(33)35(3,4)5/h10-17,26-27,32-34H,18-25H2,1-9H3. The maximum atomic E-state index is 2.87. The molecule has 40 heavy (non-hydrogen) atoms. The van der Waals surface area contributed by atoms with Crippen LogP contribution in [-0.2, 0) is 0 Å². The van der Waals surface area contributed by atoms with Crippen molar-refractivity contribution < 1.29 is 0 Å². The van der Waals surface area contributed by atoms with E-state index >= 15 is 0 Å². The SMILES string of the molecule is CC(C)c1ccccc1C1CN(C)CCN1C(C)(C)CC1CC1c1ccccc1C1CN(C)CCN1C(C)(C)C. The van der Waals surface area contributed by atoms with Gasteiger partial charge in [-0.15, -0.1) is 0 Å². The first-order valence-electron chi connectivity index (χ1n) is 15.9. The molecule has 3 aliphatic rings. The Morgan fingerprint density at radius 1 is 0.700 bits per heavy atom. The van der Waals surface area contributed by atoms with Crippen molar-refractivity contribution in [1.29, 1.82) is 0 Å².